The Morgan fingerprint density at radius 2 is 2.00 bits per heavy atom. The van der Waals surface area contributed by atoms with Gasteiger partial charge >= 0.3 is 0 Å². The minimum absolute atomic E-state index is 0.291. The molecule has 2 heteroatoms. The topological polar surface area (TPSA) is 12.0 Å². The van der Waals surface area contributed by atoms with Gasteiger partial charge in [0.05, 0.1) is 0 Å². The summed E-state index contributed by atoms with van der Waals surface area (Å²) < 4.78 is 1.29. The van der Waals surface area contributed by atoms with E-state index in [-0.39, 0.29) is 0 Å². The maximum absolute atomic E-state index is 3.74. The number of allylic oxidation sites excluding steroid dienone is 2. The molecule has 0 atom stereocenters. The van der Waals surface area contributed by atoms with Crippen LogP contribution in [0.25, 0.3) is 0 Å². The molecule has 1 aliphatic heterocycles. The zero-order valence-electron chi connectivity index (χ0n) is 9.30. The lowest BCUT2D eigenvalue weighted by molar-refractivity contribution is 0.367. The third-order valence-corrected chi connectivity index (χ3v) is 4.53. The largest absolute Gasteiger partial charge is 0.317 e. The predicted molar refractivity (Wildman–Crippen MR) is 70.8 cm³/mol. The van der Waals surface area contributed by atoms with Crippen molar-refractivity contribution in [2.75, 3.05) is 13.1 Å². The quantitative estimate of drug-likeness (QED) is 0.719. The third-order valence-electron chi connectivity index (χ3n) is 3.87. The Kier molecular flexibility index (Phi) is 2.64. The number of benzene rings is 1. The van der Waals surface area contributed by atoms with Crippen LogP contribution in [0.15, 0.2) is 34.8 Å². The maximum atomic E-state index is 3.74. The molecule has 1 nitrogen and oxygen atoms in total. The molecule has 3 rings (SSSR count). The summed E-state index contributed by atoms with van der Waals surface area (Å²) in [5.41, 5.74) is 3.33. The van der Waals surface area contributed by atoms with E-state index in [4.69, 9.17) is 0 Å². The molecular formula is C14H16BrN. The minimum Gasteiger partial charge on any atom is -0.317 e. The summed E-state index contributed by atoms with van der Waals surface area (Å²) in [5.74, 6) is 0. The molecule has 1 fully saturated rings. The van der Waals surface area contributed by atoms with Gasteiger partial charge in [0, 0.05) is 9.89 Å². The fourth-order valence-electron chi connectivity index (χ4n) is 3.08. The van der Waals surface area contributed by atoms with Crippen LogP contribution in [0.4, 0.5) is 0 Å². The Hall–Kier alpha value is -0.600. The fraction of sp³-hybridized carbons (Fsp3) is 0.429. The van der Waals surface area contributed by atoms with E-state index in [0.29, 0.717) is 5.41 Å². The Labute approximate surface area is 105 Å². The second kappa shape index (κ2) is 4.01. The molecule has 0 bridgehead atoms. The lowest BCUT2D eigenvalue weighted by Crippen LogP contribution is -2.40. The Balaban J connectivity index is 2.14. The van der Waals surface area contributed by atoms with Crippen LogP contribution in [0.1, 0.15) is 24.0 Å². The Morgan fingerprint density at radius 1 is 1.19 bits per heavy atom. The zero-order valence-corrected chi connectivity index (χ0v) is 10.9. The van der Waals surface area contributed by atoms with E-state index in [9.17, 15) is 0 Å². The number of nitrogens with one attached hydrogen (secondary N) is 1. The maximum Gasteiger partial charge on any atom is 0.0219 e. The van der Waals surface area contributed by atoms with Crippen molar-refractivity contribution >= 4 is 15.9 Å². The first-order valence-electron chi connectivity index (χ1n) is 5.98. The van der Waals surface area contributed by atoms with E-state index in [0.717, 1.165) is 19.5 Å². The number of rotatable bonds is 0. The summed E-state index contributed by atoms with van der Waals surface area (Å²) in [5, 5.41) is 3.46. The molecule has 1 aromatic carbocycles. The second-order valence-corrected chi connectivity index (χ2v) is 5.64. The first-order chi connectivity index (χ1) is 7.82. The number of piperidine rings is 1. The molecule has 1 N–H and O–H groups in total. The van der Waals surface area contributed by atoms with Crippen LogP contribution >= 0.6 is 15.9 Å². The third kappa shape index (κ3) is 1.56. The van der Waals surface area contributed by atoms with Gasteiger partial charge in [0.2, 0.25) is 0 Å². The van der Waals surface area contributed by atoms with Crippen molar-refractivity contribution in [2.45, 2.75) is 24.7 Å². The van der Waals surface area contributed by atoms with Gasteiger partial charge in [0.15, 0.2) is 0 Å². The first kappa shape index (κ1) is 10.5. The van der Waals surface area contributed by atoms with Crippen LogP contribution in [0.3, 0.4) is 0 Å². The van der Waals surface area contributed by atoms with Crippen molar-refractivity contribution in [2.24, 2.45) is 0 Å². The molecular weight excluding hydrogens is 262 g/mol. The molecule has 1 aliphatic carbocycles. The van der Waals surface area contributed by atoms with Crippen molar-refractivity contribution < 1.29 is 0 Å². The monoisotopic (exact) mass is 277 g/mol. The lowest BCUT2D eigenvalue weighted by Gasteiger charge is -2.39. The molecule has 0 saturated carbocycles. The van der Waals surface area contributed by atoms with Crippen molar-refractivity contribution in [3.05, 3.63) is 46.0 Å². The fourth-order valence-corrected chi connectivity index (χ4v) is 3.88. The number of fused-ring (bicyclic) bond motifs is 2. The molecule has 0 amide bonds. The summed E-state index contributed by atoms with van der Waals surface area (Å²) in [6.07, 6.45) is 8.32. The van der Waals surface area contributed by atoms with E-state index < -0.39 is 0 Å². The number of hydrogen-bond donors (Lipinski definition) is 1. The average molecular weight is 278 g/mol. The zero-order chi connectivity index (χ0) is 11.0. The standard InChI is InChI=1S/C14H16BrN/c15-12-5-1-3-11-4-2-6-14(13(11)12)7-9-16-10-8-14/h1-3,5-6,16H,4,7-10H2. The molecule has 1 spiro atoms. The molecule has 0 unspecified atom stereocenters. The number of hydrogen-bond acceptors (Lipinski definition) is 1. The van der Waals surface area contributed by atoms with Gasteiger partial charge in [-0.1, -0.05) is 40.2 Å². The first-order valence-corrected chi connectivity index (χ1v) is 6.77. The minimum atomic E-state index is 0.291. The molecule has 0 aromatic heterocycles. The van der Waals surface area contributed by atoms with Gasteiger partial charge < -0.3 is 5.32 Å². The van der Waals surface area contributed by atoms with Crippen molar-refractivity contribution in [3.63, 3.8) is 0 Å². The van der Waals surface area contributed by atoms with Gasteiger partial charge in [-0.2, -0.15) is 0 Å². The smallest absolute Gasteiger partial charge is 0.0219 e. The molecule has 1 heterocycles. The number of halogens is 1. The summed E-state index contributed by atoms with van der Waals surface area (Å²) in [7, 11) is 0. The van der Waals surface area contributed by atoms with Crippen molar-refractivity contribution in [1.82, 2.24) is 5.32 Å². The lowest BCUT2D eigenvalue weighted by atomic mass is 9.68. The average Bonchev–Trinajstić information content (AvgIpc) is 2.30. The van der Waals surface area contributed by atoms with Crippen LogP contribution in [0.5, 0.6) is 0 Å². The highest BCUT2D eigenvalue weighted by atomic mass is 79.9. The highest BCUT2D eigenvalue weighted by Crippen LogP contribution is 2.43. The molecule has 84 valence electrons. The van der Waals surface area contributed by atoms with E-state index in [2.05, 4.69) is 51.6 Å². The highest BCUT2D eigenvalue weighted by molar-refractivity contribution is 9.10. The van der Waals surface area contributed by atoms with Crippen LogP contribution < -0.4 is 5.32 Å². The predicted octanol–water partition coefficient (Wildman–Crippen LogP) is 3.18. The van der Waals surface area contributed by atoms with Gasteiger partial charge in [-0.3, -0.25) is 0 Å². The normalized spacial score (nSPS) is 22.1. The molecule has 0 radical (unpaired) electrons. The van der Waals surface area contributed by atoms with E-state index >= 15 is 0 Å². The van der Waals surface area contributed by atoms with E-state index in [1.807, 2.05) is 0 Å². The SMILES string of the molecule is Brc1cccc2c1C1(C=CC2)CCNCC1. The van der Waals surface area contributed by atoms with Gasteiger partial charge in [-0.25, -0.2) is 0 Å². The van der Waals surface area contributed by atoms with Crippen molar-refractivity contribution in [3.8, 4) is 0 Å². The van der Waals surface area contributed by atoms with Gasteiger partial charge in [-0.05, 0) is 49.5 Å². The van der Waals surface area contributed by atoms with E-state index in [1.54, 1.807) is 5.56 Å². The summed E-state index contributed by atoms with van der Waals surface area (Å²) in [6.45, 7) is 2.26. The van der Waals surface area contributed by atoms with Gasteiger partial charge in [0.25, 0.3) is 0 Å². The van der Waals surface area contributed by atoms with Gasteiger partial charge in [0.1, 0.15) is 0 Å². The van der Waals surface area contributed by atoms with Crippen LogP contribution in [0, 0.1) is 0 Å². The molecule has 1 saturated heterocycles. The highest BCUT2D eigenvalue weighted by Gasteiger charge is 2.35. The Morgan fingerprint density at radius 3 is 2.81 bits per heavy atom. The summed E-state index contributed by atoms with van der Waals surface area (Å²) in [4.78, 5) is 0. The van der Waals surface area contributed by atoms with E-state index in [1.165, 1.54) is 22.9 Å². The molecule has 2 aliphatic rings. The van der Waals surface area contributed by atoms with Crippen LogP contribution in [-0.2, 0) is 11.8 Å². The molecule has 1 aromatic rings. The second-order valence-electron chi connectivity index (χ2n) is 4.79. The van der Waals surface area contributed by atoms with Crippen LogP contribution in [0.2, 0.25) is 0 Å². The van der Waals surface area contributed by atoms with Crippen molar-refractivity contribution in [1.29, 1.82) is 0 Å². The van der Waals surface area contributed by atoms with Crippen LogP contribution in [-0.4, -0.2) is 13.1 Å². The molecule has 16 heavy (non-hydrogen) atoms. The van der Waals surface area contributed by atoms with Gasteiger partial charge in [-0.15, -0.1) is 0 Å². The summed E-state index contributed by atoms with van der Waals surface area (Å²) >= 11 is 3.74. The summed E-state index contributed by atoms with van der Waals surface area (Å²) in [6, 6.07) is 6.60. The Bertz CT molecular complexity index is 430.